The Balaban J connectivity index is 1.66. The highest BCUT2D eigenvalue weighted by Crippen LogP contribution is 2.20. The van der Waals surface area contributed by atoms with Crippen LogP contribution in [0, 0.1) is 0 Å². The standard InChI is InChI=1S/C21H33NO5/c1-21(2,3)27-20(23)22-13-8-10-17-9-4-5-11-18(17)24-15-16-26-19-12-6-7-14-25-19/h4-5,9,11,19H,6-8,10,12-16H2,1-3H3,(H,22,23). The van der Waals surface area contributed by atoms with Crippen LogP contribution in [-0.2, 0) is 20.6 Å². The first-order valence-corrected chi connectivity index (χ1v) is 9.85. The summed E-state index contributed by atoms with van der Waals surface area (Å²) in [6, 6.07) is 7.97. The number of rotatable bonds is 9. The maximum Gasteiger partial charge on any atom is 0.407 e. The van der Waals surface area contributed by atoms with Gasteiger partial charge in [0.05, 0.1) is 6.61 Å². The zero-order valence-electron chi connectivity index (χ0n) is 16.8. The zero-order chi connectivity index (χ0) is 19.5. The van der Waals surface area contributed by atoms with Crippen LogP contribution < -0.4 is 10.1 Å². The molecule has 1 atom stereocenters. The second kappa shape index (κ2) is 11.1. The van der Waals surface area contributed by atoms with Gasteiger partial charge < -0.3 is 24.3 Å². The minimum absolute atomic E-state index is 0.0866. The summed E-state index contributed by atoms with van der Waals surface area (Å²) in [7, 11) is 0. The Bertz CT molecular complexity index is 564. The van der Waals surface area contributed by atoms with Gasteiger partial charge in [-0.3, -0.25) is 0 Å². The van der Waals surface area contributed by atoms with Crippen LogP contribution in [0.15, 0.2) is 24.3 Å². The van der Waals surface area contributed by atoms with E-state index in [1.54, 1.807) is 0 Å². The molecule has 6 nitrogen and oxygen atoms in total. The van der Waals surface area contributed by atoms with Gasteiger partial charge in [-0.25, -0.2) is 4.79 Å². The summed E-state index contributed by atoms with van der Waals surface area (Å²) < 4.78 is 22.4. The largest absolute Gasteiger partial charge is 0.491 e. The van der Waals surface area contributed by atoms with Crippen LogP contribution in [0.1, 0.15) is 52.0 Å². The first-order chi connectivity index (χ1) is 12.9. The van der Waals surface area contributed by atoms with E-state index in [1.165, 1.54) is 0 Å². The van der Waals surface area contributed by atoms with Crippen LogP contribution in [0.5, 0.6) is 5.75 Å². The monoisotopic (exact) mass is 379 g/mol. The smallest absolute Gasteiger partial charge is 0.407 e. The van der Waals surface area contributed by atoms with Gasteiger partial charge in [0.15, 0.2) is 6.29 Å². The number of benzene rings is 1. The molecule has 1 aliphatic rings. The summed E-state index contributed by atoms with van der Waals surface area (Å²) in [4.78, 5) is 11.7. The van der Waals surface area contributed by atoms with Crippen molar-refractivity contribution in [3.8, 4) is 5.75 Å². The van der Waals surface area contributed by atoms with Crippen molar-refractivity contribution in [3.05, 3.63) is 29.8 Å². The van der Waals surface area contributed by atoms with Gasteiger partial charge in [-0.2, -0.15) is 0 Å². The molecule has 1 aromatic carbocycles. The molecule has 1 N–H and O–H groups in total. The first kappa shape index (κ1) is 21.5. The van der Waals surface area contributed by atoms with Crippen molar-refractivity contribution in [1.82, 2.24) is 5.32 Å². The average molecular weight is 379 g/mol. The number of carbonyl (C=O) groups is 1. The van der Waals surface area contributed by atoms with Crippen LogP contribution >= 0.6 is 0 Å². The molecule has 1 aromatic rings. The number of alkyl carbamates (subject to hydrolysis) is 1. The Hall–Kier alpha value is -1.79. The molecule has 0 saturated carbocycles. The highest BCUT2D eigenvalue weighted by Gasteiger charge is 2.16. The quantitative estimate of drug-likeness (QED) is 0.655. The van der Waals surface area contributed by atoms with Crippen molar-refractivity contribution in [2.75, 3.05) is 26.4 Å². The number of aryl methyl sites for hydroxylation is 1. The molecule has 0 spiro atoms. The highest BCUT2D eigenvalue weighted by atomic mass is 16.7. The number of carbonyl (C=O) groups excluding carboxylic acids is 1. The van der Waals surface area contributed by atoms with Gasteiger partial charge in [0.25, 0.3) is 0 Å². The van der Waals surface area contributed by atoms with Gasteiger partial charge in [0, 0.05) is 13.2 Å². The maximum absolute atomic E-state index is 11.7. The third-order valence-electron chi connectivity index (χ3n) is 4.05. The number of amides is 1. The molecule has 1 heterocycles. The number of para-hydroxylation sites is 1. The minimum atomic E-state index is -0.477. The molecule has 27 heavy (non-hydrogen) atoms. The van der Waals surface area contributed by atoms with E-state index < -0.39 is 5.60 Å². The van der Waals surface area contributed by atoms with Gasteiger partial charge in [-0.15, -0.1) is 0 Å². The lowest BCUT2D eigenvalue weighted by atomic mass is 10.1. The van der Waals surface area contributed by atoms with Crippen LogP contribution in [0.2, 0.25) is 0 Å². The van der Waals surface area contributed by atoms with E-state index in [2.05, 4.69) is 5.32 Å². The van der Waals surface area contributed by atoms with Gasteiger partial charge in [-0.05, 0) is 64.5 Å². The Labute approximate surface area is 162 Å². The summed E-state index contributed by atoms with van der Waals surface area (Å²) in [6.07, 6.45) is 4.40. The molecule has 1 amide bonds. The molecule has 0 aromatic heterocycles. The topological polar surface area (TPSA) is 66.0 Å². The third-order valence-corrected chi connectivity index (χ3v) is 4.05. The van der Waals surface area contributed by atoms with Crippen LogP contribution in [0.4, 0.5) is 4.79 Å². The SMILES string of the molecule is CC(C)(C)OC(=O)NCCCc1ccccc1OCCOC1CCCCO1. The summed E-state index contributed by atoms with van der Waals surface area (Å²) in [5, 5.41) is 2.78. The fourth-order valence-electron chi connectivity index (χ4n) is 2.81. The molecule has 0 bridgehead atoms. The number of ether oxygens (including phenoxy) is 4. The van der Waals surface area contributed by atoms with Crippen molar-refractivity contribution in [1.29, 1.82) is 0 Å². The highest BCUT2D eigenvalue weighted by molar-refractivity contribution is 5.67. The van der Waals surface area contributed by atoms with E-state index in [0.29, 0.717) is 19.8 Å². The Morgan fingerprint density at radius 2 is 2.04 bits per heavy atom. The lowest BCUT2D eigenvalue weighted by Gasteiger charge is -2.22. The molecule has 1 saturated heterocycles. The predicted molar refractivity (Wildman–Crippen MR) is 104 cm³/mol. The van der Waals surface area contributed by atoms with E-state index in [-0.39, 0.29) is 12.4 Å². The molecule has 1 aliphatic heterocycles. The van der Waals surface area contributed by atoms with Crippen LogP contribution in [0.25, 0.3) is 0 Å². The fraction of sp³-hybridized carbons (Fsp3) is 0.667. The van der Waals surface area contributed by atoms with Crippen molar-refractivity contribution in [2.24, 2.45) is 0 Å². The Morgan fingerprint density at radius 1 is 1.22 bits per heavy atom. The fourth-order valence-corrected chi connectivity index (χ4v) is 2.81. The van der Waals surface area contributed by atoms with E-state index >= 15 is 0 Å². The lowest BCUT2D eigenvalue weighted by molar-refractivity contribution is -0.165. The molecule has 6 heteroatoms. The van der Waals surface area contributed by atoms with Gasteiger partial charge in [0.1, 0.15) is 18.0 Å². The summed E-state index contributed by atoms with van der Waals surface area (Å²) in [5.41, 5.74) is 0.646. The number of hydrogen-bond donors (Lipinski definition) is 1. The van der Waals surface area contributed by atoms with Crippen molar-refractivity contribution in [2.45, 2.75) is 64.8 Å². The van der Waals surface area contributed by atoms with Crippen molar-refractivity contribution < 1.29 is 23.7 Å². The number of nitrogens with one attached hydrogen (secondary N) is 1. The molecule has 0 aliphatic carbocycles. The van der Waals surface area contributed by atoms with Gasteiger partial charge >= 0.3 is 6.09 Å². The number of hydrogen-bond acceptors (Lipinski definition) is 5. The third kappa shape index (κ3) is 9.11. The Kier molecular flexibility index (Phi) is 8.88. The summed E-state index contributed by atoms with van der Waals surface area (Å²) in [6.45, 7) is 7.90. The molecule has 0 radical (unpaired) electrons. The predicted octanol–water partition coefficient (Wildman–Crippen LogP) is 4.07. The van der Waals surface area contributed by atoms with E-state index in [9.17, 15) is 4.79 Å². The molecular formula is C21H33NO5. The average Bonchev–Trinajstić information content (AvgIpc) is 2.63. The maximum atomic E-state index is 11.7. The Morgan fingerprint density at radius 3 is 2.78 bits per heavy atom. The van der Waals surface area contributed by atoms with E-state index in [0.717, 1.165) is 50.0 Å². The minimum Gasteiger partial charge on any atom is -0.491 e. The molecule has 152 valence electrons. The van der Waals surface area contributed by atoms with Gasteiger partial charge in [-0.1, -0.05) is 18.2 Å². The van der Waals surface area contributed by atoms with Crippen molar-refractivity contribution in [3.63, 3.8) is 0 Å². The molecule has 2 rings (SSSR count). The normalized spacial score (nSPS) is 17.4. The summed E-state index contributed by atoms with van der Waals surface area (Å²) >= 11 is 0. The van der Waals surface area contributed by atoms with Crippen LogP contribution in [0.3, 0.4) is 0 Å². The molecular weight excluding hydrogens is 346 g/mol. The van der Waals surface area contributed by atoms with E-state index in [1.807, 2.05) is 45.0 Å². The second-order valence-electron chi connectivity index (χ2n) is 7.66. The first-order valence-electron chi connectivity index (χ1n) is 9.85. The lowest BCUT2D eigenvalue weighted by Crippen LogP contribution is -2.33. The zero-order valence-corrected chi connectivity index (χ0v) is 16.8. The second-order valence-corrected chi connectivity index (χ2v) is 7.66. The summed E-state index contributed by atoms with van der Waals surface area (Å²) in [5.74, 6) is 0.864. The molecule has 1 fully saturated rings. The van der Waals surface area contributed by atoms with Crippen LogP contribution in [-0.4, -0.2) is 44.3 Å². The van der Waals surface area contributed by atoms with Gasteiger partial charge in [0.2, 0.25) is 0 Å². The van der Waals surface area contributed by atoms with E-state index in [4.69, 9.17) is 18.9 Å². The van der Waals surface area contributed by atoms with Crippen molar-refractivity contribution >= 4 is 6.09 Å². The molecule has 1 unspecified atom stereocenters.